The minimum absolute atomic E-state index is 0.0568. The monoisotopic (exact) mass is 390 g/mol. The van der Waals surface area contributed by atoms with Gasteiger partial charge in [0.2, 0.25) is 15.9 Å². The van der Waals surface area contributed by atoms with Crippen molar-refractivity contribution in [3.05, 3.63) is 54.1 Å². The lowest BCUT2D eigenvalue weighted by atomic mass is 10.1. The summed E-state index contributed by atoms with van der Waals surface area (Å²) in [4.78, 5) is 12.1. The predicted molar refractivity (Wildman–Crippen MR) is 100 cm³/mol. The van der Waals surface area contributed by atoms with Gasteiger partial charge in [-0.2, -0.15) is 0 Å². The summed E-state index contributed by atoms with van der Waals surface area (Å²) in [5, 5.41) is 7.92. The van der Waals surface area contributed by atoms with E-state index in [0.717, 1.165) is 11.3 Å². The van der Waals surface area contributed by atoms with Crippen molar-refractivity contribution in [2.45, 2.75) is 30.3 Å². The molecule has 0 saturated carbocycles. The van der Waals surface area contributed by atoms with Crippen LogP contribution < -0.4 is 19.9 Å². The van der Waals surface area contributed by atoms with Gasteiger partial charge in [0.05, 0.1) is 4.90 Å². The topological polar surface area (TPSA) is 108 Å². The van der Waals surface area contributed by atoms with E-state index in [4.69, 9.17) is 14.6 Å². The summed E-state index contributed by atoms with van der Waals surface area (Å²) >= 11 is 0. The molecule has 3 N–H and O–H groups in total. The van der Waals surface area contributed by atoms with Crippen LogP contribution in [0.3, 0.4) is 0 Å². The number of para-hydroxylation sites is 2. The molecule has 0 bridgehead atoms. The van der Waals surface area contributed by atoms with Crippen LogP contribution >= 0.6 is 0 Å². The summed E-state index contributed by atoms with van der Waals surface area (Å²) in [5.41, 5.74) is 0.920. The van der Waals surface area contributed by atoms with E-state index in [1.807, 2.05) is 24.3 Å². The van der Waals surface area contributed by atoms with Crippen LogP contribution in [-0.4, -0.2) is 33.6 Å². The van der Waals surface area contributed by atoms with Crippen LogP contribution in [0.15, 0.2) is 53.4 Å². The van der Waals surface area contributed by atoms with Crippen LogP contribution in [0.5, 0.6) is 11.5 Å². The van der Waals surface area contributed by atoms with Crippen molar-refractivity contribution in [2.75, 3.05) is 13.2 Å². The van der Waals surface area contributed by atoms with E-state index in [0.29, 0.717) is 38.2 Å². The first kappa shape index (κ1) is 19.2. The van der Waals surface area contributed by atoms with Crippen LogP contribution in [0.25, 0.3) is 0 Å². The van der Waals surface area contributed by atoms with Crippen LogP contribution in [0, 0.1) is 0 Å². The summed E-state index contributed by atoms with van der Waals surface area (Å²) in [6, 6.07) is 13.8. The molecule has 0 saturated heterocycles. The van der Waals surface area contributed by atoms with Crippen molar-refractivity contribution < 1.29 is 22.7 Å². The number of sulfonamides is 1. The largest absolute Gasteiger partial charge is 0.486 e. The number of hydrogen-bond donors (Lipinski definition) is 2. The highest BCUT2D eigenvalue weighted by Crippen LogP contribution is 2.31. The normalized spacial score (nSPS) is 16.0. The Morgan fingerprint density at radius 3 is 2.52 bits per heavy atom. The molecule has 8 heteroatoms. The molecular formula is C19H22N2O5S. The zero-order valence-corrected chi connectivity index (χ0v) is 15.6. The Morgan fingerprint density at radius 1 is 1.11 bits per heavy atom. The third-order valence-corrected chi connectivity index (χ3v) is 5.18. The van der Waals surface area contributed by atoms with E-state index < -0.39 is 10.0 Å². The second-order valence-electron chi connectivity index (χ2n) is 6.33. The molecule has 2 aromatic carbocycles. The Bertz CT molecular complexity index is 897. The molecule has 1 aliphatic heterocycles. The van der Waals surface area contributed by atoms with Gasteiger partial charge in [-0.15, -0.1) is 0 Å². The van der Waals surface area contributed by atoms with Gasteiger partial charge in [0.25, 0.3) is 0 Å². The second-order valence-corrected chi connectivity index (χ2v) is 7.89. The van der Waals surface area contributed by atoms with E-state index >= 15 is 0 Å². The molecule has 7 nitrogen and oxygen atoms in total. The Morgan fingerprint density at radius 2 is 1.81 bits per heavy atom. The van der Waals surface area contributed by atoms with Crippen molar-refractivity contribution in [2.24, 2.45) is 5.14 Å². The SMILES string of the molecule is NS(=O)(=O)c1ccc(CCNC(=O)CC[C@H]2COc3ccccc3O2)cc1. The number of amides is 1. The highest BCUT2D eigenvalue weighted by molar-refractivity contribution is 7.89. The molecular weight excluding hydrogens is 368 g/mol. The van der Waals surface area contributed by atoms with E-state index in [2.05, 4.69) is 5.32 Å². The fraction of sp³-hybridized carbons (Fsp3) is 0.316. The van der Waals surface area contributed by atoms with Gasteiger partial charge in [-0.3, -0.25) is 4.79 Å². The van der Waals surface area contributed by atoms with Crippen molar-refractivity contribution >= 4 is 15.9 Å². The van der Waals surface area contributed by atoms with Gasteiger partial charge in [-0.1, -0.05) is 24.3 Å². The van der Waals surface area contributed by atoms with Gasteiger partial charge in [0.15, 0.2) is 11.5 Å². The van der Waals surface area contributed by atoms with Crippen LogP contribution in [0.1, 0.15) is 18.4 Å². The van der Waals surface area contributed by atoms with E-state index in [1.165, 1.54) is 12.1 Å². The number of fused-ring (bicyclic) bond motifs is 1. The molecule has 1 heterocycles. The smallest absolute Gasteiger partial charge is 0.238 e. The number of carbonyl (C=O) groups excluding carboxylic acids is 1. The minimum Gasteiger partial charge on any atom is -0.486 e. The molecule has 0 aromatic heterocycles. The fourth-order valence-electron chi connectivity index (χ4n) is 2.78. The summed E-state index contributed by atoms with van der Waals surface area (Å²) in [5.74, 6) is 1.38. The molecule has 27 heavy (non-hydrogen) atoms. The number of benzene rings is 2. The van der Waals surface area contributed by atoms with Crippen molar-refractivity contribution in [3.8, 4) is 11.5 Å². The summed E-state index contributed by atoms with van der Waals surface area (Å²) < 4.78 is 33.9. The third-order valence-electron chi connectivity index (χ3n) is 4.25. The number of primary sulfonamides is 1. The van der Waals surface area contributed by atoms with Crippen LogP contribution in [0.2, 0.25) is 0 Å². The van der Waals surface area contributed by atoms with Gasteiger partial charge < -0.3 is 14.8 Å². The standard InChI is InChI=1S/C19H22N2O5S/c20-27(23,24)16-8-5-14(6-9-16)11-12-21-19(22)10-7-15-13-25-17-3-1-2-4-18(17)26-15/h1-6,8-9,15H,7,10-13H2,(H,21,22)(H2,20,23,24)/t15-/m0/s1. The van der Waals surface area contributed by atoms with Crippen molar-refractivity contribution in [1.29, 1.82) is 0 Å². The van der Waals surface area contributed by atoms with Crippen molar-refractivity contribution in [3.63, 3.8) is 0 Å². The minimum atomic E-state index is -3.68. The zero-order valence-electron chi connectivity index (χ0n) is 14.8. The number of nitrogens with one attached hydrogen (secondary N) is 1. The maximum Gasteiger partial charge on any atom is 0.238 e. The van der Waals surface area contributed by atoms with Crippen LogP contribution in [0.4, 0.5) is 0 Å². The summed E-state index contributed by atoms with van der Waals surface area (Å²) in [6.07, 6.45) is 1.38. The molecule has 144 valence electrons. The molecule has 1 aliphatic rings. The number of hydrogen-bond acceptors (Lipinski definition) is 5. The number of nitrogens with two attached hydrogens (primary N) is 1. The quantitative estimate of drug-likeness (QED) is 0.747. The average molecular weight is 390 g/mol. The molecule has 1 atom stereocenters. The fourth-order valence-corrected chi connectivity index (χ4v) is 3.29. The van der Waals surface area contributed by atoms with E-state index in [1.54, 1.807) is 12.1 Å². The second kappa shape index (κ2) is 8.41. The highest BCUT2D eigenvalue weighted by Gasteiger charge is 2.21. The Balaban J connectivity index is 1.38. The number of ether oxygens (including phenoxy) is 2. The Kier molecular flexibility index (Phi) is 5.98. The zero-order chi connectivity index (χ0) is 19.3. The molecule has 3 rings (SSSR count). The van der Waals surface area contributed by atoms with E-state index in [-0.39, 0.29) is 16.9 Å². The molecule has 0 radical (unpaired) electrons. The maximum absolute atomic E-state index is 12.0. The first-order valence-corrected chi connectivity index (χ1v) is 10.2. The summed E-state index contributed by atoms with van der Waals surface area (Å²) in [6.45, 7) is 0.902. The first-order valence-electron chi connectivity index (χ1n) is 8.69. The molecule has 1 amide bonds. The van der Waals surface area contributed by atoms with Gasteiger partial charge in [-0.25, -0.2) is 13.6 Å². The van der Waals surface area contributed by atoms with Gasteiger partial charge in [0, 0.05) is 13.0 Å². The highest BCUT2D eigenvalue weighted by atomic mass is 32.2. The lowest BCUT2D eigenvalue weighted by Gasteiger charge is -2.26. The molecule has 0 aliphatic carbocycles. The van der Waals surface area contributed by atoms with Crippen molar-refractivity contribution in [1.82, 2.24) is 5.32 Å². The lowest BCUT2D eigenvalue weighted by molar-refractivity contribution is -0.121. The number of rotatable bonds is 7. The molecule has 0 fully saturated rings. The Labute approximate surface area is 158 Å². The van der Waals surface area contributed by atoms with Gasteiger partial charge in [-0.05, 0) is 42.7 Å². The van der Waals surface area contributed by atoms with Gasteiger partial charge >= 0.3 is 0 Å². The summed E-state index contributed by atoms with van der Waals surface area (Å²) in [7, 11) is -3.68. The molecule has 0 unspecified atom stereocenters. The third kappa shape index (κ3) is 5.45. The Hall–Kier alpha value is -2.58. The predicted octanol–water partition coefficient (Wildman–Crippen LogP) is 1.61. The van der Waals surface area contributed by atoms with Crippen LogP contribution in [-0.2, 0) is 21.2 Å². The first-order chi connectivity index (χ1) is 12.9. The lowest BCUT2D eigenvalue weighted by Crippen LogP contribution is -2.32. The average Bonchev–Trinajstić information content (AvgIpc) is 2.66. The van der Waals surface area contributed by atoms with Gasteiger partial charge in [0.1, 0.15) is 12.7 Å². The molecule has 0 spiro atoms. The maximum atomic E-state index is 12.0. The van der Waals surface area contributed by atoms with E-state index in [9.17, 15) is 13.2 Å². The number of carbonyl (C=O) groups is 1. The molecule has 2 aromatic rings.